The predicted octanol–water partition coefficient (Wildman–Crippen LogP) is 4.68. The summed E-state index contributed by atoms with van der Waals surface area (Å²) in [4.78, 5) is 14.5. The fraction of sp³-hybridized carbons (Fsp3) is 0.500. The Bertz CT molecular complexity index is 468. The van der Waals surface area contributed by atoms with Crippen LogP contribution in [0.25, 0.3) is 6.08 Å². The van der Waals surface area contributed by atoms with Gasteiger partial charge in [0, 0.05) is 17.5 Å². The van der Waals surface area contributed by atoms with E-state index in [1.54, 1.807) is 6.08 Å². The van der Waals surface area contributed by atoms with E-state index in [0.717, 1.165) is 24.9 Å². The fourth-order valence-electron chi connectivity index (χ4n) is 2.32. The largest absolute Gasteiger partial charge is 0.309 e. The third kappa shape index (κ3) is 6.92. The van der Waals surface area contributed by atoms with Gasteiger partial charge in [0.1, 0.15) is 0 Å². The highest BCUT2D eigenvalue weighted by Crippen LogP contribution is 2.18. The van der Waals surface area contributed by atoms with Crippen LogP contribution in [-0.4, -0.2) is 31.3 Å². The number of benzene rings is 1. The Morgan fingerprint density at radius 1 is 1.29 bits per heavy atom. The summed E-state index contributed by atoms with van der Waals surface area (Å²) in [6.45, 7) is 2.98. The van der Waals surface area contributed by atoms with Gasteiger partial charge >= 0.3 is 0 Å². The lowest BCUT2D eigenvalue weighted by Gasteiger charge is -2.18. The van der Waals surface area contributed by atoms with Crippen LogP contribution in [0.5, 0.6) is 0 Å². The summed E-state index contributed by atoms with van der Waals surface area (Å²) in [6, 6.07) is 7.57. The molecule has 3 heteroatoms. The number of carbonyl (C=O) groups is 1. The van der Waals surface area contributed by atoms with Crippen LogP contribution in [0.1, 0.15) is 38.2 Å². The molecule has 1 rings (SSSR count). The van der Waals surface area contributed by atoms with Gasteiger partial charge in [-0.05, 0) is 44.3 Å². The standard InChI is InChI=1S/C18H26ClNO/c1-4-5-6-10-16(14-20(2)3)18(21)13-12-15-9-7-8-11-17(15)19/h7-9,11-13,16H,4-6,10,14H2,1-3H3. The molecule has 0 spiro atoms. The van der Waals surface area contributed by atoms with Crippen LogP contribution < -0.4 is 0 Å². The highest BCUT2D eigenvalue weighted by molar-refractivity contribution is 6.32. The number of halogens is 1. The van der Waals surface area contributed by atoms with Crippen LogP contribution >= 0.6 is 11.6 Å². The molecule has 0 saturated heterocycles. The molecule has 21 heavy (non-hydrogen) atoms. The van der Waals surface area contributed by atoms with Gasteiger partial charge in [-0.25, -0.2) is 0 Å². The number of hydrogen-bond acceptors (Lipinski definition) is 2. The zero-order valence-corrected chi connectivity index (χ0v) is 14.1. The number of nitrogens with zero attached hydrogens (tertiary/aromatic N) is 1. The summed E-state index contributed by atoms with van der Waals surface area (Å²) in [6.07, 6.45) is 7.94. The zero-order chi connectivity index (χ0) is 15.7. The van der Waals surface area contributed by atoms with Crippen molar-refractivity contribution in [3.05, 3.63) is 40.9 Å². The van der Waals surface area contributed by atoms with Crippen molar-refractivity contribution in [3.8, 4) is 0 Å². The van der Waals surface area contributed by atoms with Crippen LogP contribution in [-0.2, 0) is 4.79 Å². The fourth-order valence-corrected chi connectivity index (χ4v) is 2.52. The second-order valence-corrected chi connectivity index (χ2v) is 6.12. The molecule has 0 radical (unpaired) electrons. The van der Waals surface area contributed by atoms with E-state index in [1.165, 1.54) is 12.8 Å². The van der Waals surface area contributed by atoms with E-state index >= 15 is 0 Å². The van der Waals surface area contributed by atoms with Crippen LogP contribution in [0.2, 0.25) is 5.02 Å². The van der Waals surface area contributed by atoms with Crippen LogP contribution in [0.4, 0.5) is 0 Å². The van der Waals surface area contributed by atoms with Gasteiger partial charge in [-0.2, -0.15) is 0 Å². The van der Waals surface area contributed by atoms with E-state index in [-0.39, 0.29) is 11.7 Å². The number of rotatable bonds is 9. The summed E-state index contributed by atoms with van der Waals surface area (Å²) in [5, 5.41) is 0.677. The molecule has 1 aromatic carbocycles. The molecule has 0 heterocycles. The van der Waals surface area contributed by atoms with Crippen molar-refractivity contribution in [1.29, 1.82) is 0 Å². The zero-order valence-electron chi connectivity index (χ0n) is 13.3. The molecule has 1 aromatic rings. The number of unbranched alkanes of at least 4 members (excludes halogenated alkanes) is 2. The second kappa shape index (κ2) is 9.75. The molecule has 1 unspecified atom stereocenters. The summed E-state index contributed by atoms with van der Waals surface area (Å²) in [5.41, 5.74) is 0.893. The van der Waals surface area contributed by atoms with Crippen molar-refractivity contribution < 1.29 is 4.79 Å². The van der Waals surface area contributed by atoms with Gasteiger partial charge in [0.05, 0.1) is 0 Å². The van der Waals surface area contributed by atoms with E-state index in [2.05, 4.69) is 11.8 Å². The molecular formula is C18H26ClNO. The molecule has 116 valence electrons. The van der Waals surface area contributed by atoms with E-state index in [9.17, 15) is 4.79 Å². The van der Waals surface area contributed by atoms with Crippen molar-refractivity contribution in [2.24, 2.45) is 5.92 Å². The minimum Gasteiger partial charge on any atom is -0.309 e. The second-order valence-electron chi connectivity index (χ2n) is 5.71. The first-order valence-electron chi connectivity index (χ1n) is 7.65. The van der Waals surface area contributed by atoms with Gasteiger partial charge in [-0.1, -0.05) is 56.0 Å². The first kappa shape index (κ1) is 17.9. The Kier molecular flexibility index (Phi) is 8.33. The van der Waals surface area contributed by atoms with E-state index in [0.29, 0.717) is 5.02 Å². The van der Waals surface area contributed by atoms with Crippen molar-refractivity contribution in [3.63, 3.8) is 0 Å². The van der Waals surface area contributed by atoms with Gasteiger partial charge in [-0.3, -0.25) is 4.79 Å². The number of hydrogen-bond donors (Lipinski definition) is 0. The van der Waals surface area contributed by atoms with Gasteiger partial charge in [0.25, 0.3) is 0 Å². The molecule has 1 atom stereocenters. The summed E-state index contributed by atoms with van der Waals surface area (Å²) in [7, 11) is 4.02. The smallest absolute Gasteiger partial charge is 0.160 e. The van der Waals surface area contributed by atoms with Crippen LogP contribution in [0.3, 0.4) is 0 Å². The van der Waals surface area contributed by atoms with Crippen molar-refractivity contribution in [2.45, 2.75) is 32.6 Å². The van der Waals surface area contributed by atoms with Crippen molar-refractivity contribution >= 4 is 23.5 Å². The maximum absolute atomic E-state index is 12.4. The Balaban J connectivity index is 2.68. The van der Waals surface area contributed by atoms with Gasteiger partial charge < -0.3 is 4.90 Å². The van der Waals surface area contributed by atoms with Crippen molar-refractivity contribution in [1.82, 2.24) is 4.90 Å². The van der Waals surface area contributed by atoms with Crippen LogP contribution in [0.15, 0.2) is 30.3 Å². The molecule has 0 aliphatic carbocycles. The maximum atomic E-state index is 12.4. The average Bonchev–Trinajstić information content (AvgIpc) is 2.45. The molecule has 0 aromatic heterocycles. The SMILES string of the molecule is CCCCCC(CN(C)C)C(=O)C=Cc1ccccc1Cl. The van der Waals surface area contributed by atoms with E-state index in [1.807, 2.05) is 44.4 Å². The Morgan fingerprint density at radius 2 is 2.00 bits per heavy atom. The van der Waals surface area contributed by atoms with Gasteiger partial charge in [0.15, 0.2) is 5.78 Å². The first-order valence-corrected chi connectivity index (χ1v) is 8.03. The molecule has 0 aliphatic rings. The Labute approximate surface area is 133 Å². The van der Waals surface area contributed by atoms with Crippen molar-refractivity contribution in [2.75, 3.05) is 20.6 Å². The minimum absolute atomic E-state index is 0.0743. The molecule has 0 bridgehead atoms. The predicted molar refractivity (Wildman–Crippen MR) is 91.7 cm³/mol. The summed E-state index contributed by atoms with van der Waals surface area (Å²) >= 11 is 6.10. The Hall–Kier alpha value is -1.12. The van der Waals surface area contributed by atoms with Gasteiger partial charge in [-0.15, -0.1) is 0 Å². The molecule has 0 saturated carbocycles. The monoisotopic (exact) mass is 307 g/mol. The lowest BCUT2D eigenvalue weighted by molar-refractivity contribution is -0.118. The molecular weight excluding hydrogens is 282 g/mol. The lowest BCUT2D eigenvalue weighted by atomic mass is 9.95. The lowest BCUT2D eigenvalue weighted by Crippen LogP contribution is -2.27. The third-order valence-corrected chi connectivity index (χ3v) is 3.82. The maximum Gasteiger partial charge on any atom is 0.160 e. The first-order chi connectivity index (χ1) is 10.0. The average molecular weight is 308 g/mol. The Morgan fingerprint density at radius 3 is 2.62 bits per heavy atom. The molecule has 2 nitrogen and oxygen atoms in total. The van der Waals surface area contributed by atoms with Crippen LogP contribution in [0, 0.1) is 5.92 Å². The minimum atomic E-state index is 0.0743. The third-order valence-electron chi connectivity index (χ3n) is 3.48. The van der Waals surface area contributed by atoms with Gasteiger partial charge in [0.2, 0.25) is 0 Å². The highest BCUT2D eigenvalue weighted by Gasteiger charge is 2.16. The quantitative estimate of drug-likeness (QED) is 0.487. The number of ketones is 1. The molecule has 0 N–H and O–H groups in total. The normalized spacial score (nSPS) is 13.0. The number of carbonyl (C=O) groups excluding carboxylic acids is 1. The van der Waals surface area contributed by atoms with E-state index in [4.69, 9.17) is 11.6 Å². The topological polar surface area (TPSA) is 20.3 Å². The summed E-state index contributed by atoms with van der Waals surface area (Å²) in [5.74, 6) is 0.269. The summed E-state index contributed by atoms with van der Waals surface area (Å²) < 4.78 is 0. The molecule has 0 amide bonds. The molecule has 0 aliphatic heterocycles. The van der Waals surface area contributed by atoms with E-state index < -0.39 is 0 Å². The number of allylic oxidation sites excluding steroid dienone is 1. The highest BCUT2D eigenvalue weighted by atomic mass is 35.5. The molecule has 0 fully saturated rings.